The van der Waals surface area contributed by atoms with E-state index in [1.165, 1.54) is 0 Å². The van der Waals surface area contributed by atoms with Crippen molar-refractivity contribution in [3.63, 3.8) is 0 Å². The van der Waals surface area contributed by atoms with Crippen molar-refractivity contribution in [1.82, 2.24) is 9.80 Å². The number of amides is 1. The number of hydrogen-bond donors (Lipinski definition) is 0. The van der Waals surface area contributed by atoms with Crippen LogP contribution in [-0.2, 0) is 0 Å². The van der Waals surface area contributed by atoms with Crippen molar-refractivity contribution in [1.29, 1.82) is 0 Å². The van der Waals surface area contributed by atoms with Crippen molar-refractivity contribution in [2.45, 2.75) is 25.9 Å². The molecule has 1 aromatic heterocycles. The molecule has 2 unspecified atom stereocenters. The first kappa shape index (κ1) is 15.9. The molecule has 1 saturated heterocycles. The monoisotopic (exact) mass is 315 g/mol. The van der Waals surface area contributed by atoms with Gasteiger partial charge < -0.3 is 14.2 Å². The van der Waals surface area contributed by atoms with Crippen LogP contribution in [0.4, 0.5) is 5.69 Å². The summed E-state index contributed by atoms with van der Waals surface area (Å²) in [6, 6.07) is 7.13. The molecule has 1 aliphatic rings. The highest BCUT2D eigenvalue weighted by Crippen LogP contribution is 2.29. The fourth-order valence-electron chi connectivity index (χ4n) is 3.24. The van der Waals surface area contributed by atoms with Gasteiger partial charge in [0.1, 0.15) is 11.8 Å². The minimum atomic E-state index is -0.0268. The van der Waals surface area contributed by atoms with Gasteiger partial charge in [-0.25, -0.2) is 0 Å². The van der Waals surface area contributed by atoms with Crippen LogP contribution in [0.5, 0.6) is 0 Å². The van der Waals surface area contributed by atoms with Crippen LogP contribution in [0, 0.1) is 0 Å². The van der Waals surface area contributed by atoms with E-state index in [0.29, 0.717) is 17.6 Å². The van der Waals surface area contributed by atoms with E-state index < -0.39 is 0 Å². The second kappa shape index (κ2) is 5.89. The molecular formula is C18H25N3O2. The maximum absolute atomic E-state index is 12.3. The van der Waals surface area contributed by atoms with Crippen molar-refractivity contribution < 1.29 is 9.21 Å². The minimum Gasteiger partial charge on any atom is -0.463 e. The van der Waals surface area contributed by atoms with Gasteiger partial charge in [-0.2, -0.15) is 0 Å². The van der Waals surface area contributed by atoms with Crippen LogP contribution in [0.3, 0.4) is 0 Å². The van der Waals surface area contributed by atoms with Crippen LogP contribution in [0.1, 0.15) is 24.2 Å². The lowest BCUT2D eigenvalue weighted by Crippen LogP contribution is -2.55. The molecule has 1 aliphatic heterocycles. The Morgan fingerprint density at radius 3 is 2.48 bits per heavy atom. The number of piperazine rings is 1. The molecule has 2 atom stereocenters. The Kier molecular flexibility index (Phi) is 4.06. The summed E-state index contributed by atoms with van der Waals surface area (Å²) >= 11 is 0. The Morgan fingerprint density at radius 1 is 1.22 bits per heavy atom. The summed E-state index contributed by atoms with van der Waals surface area (Å²) < 4.78 is 5.55. The highest BCUT2D eigenvalue weighted by Gasteiger charge is 2.27. The summed E-state index contributed by atoms with van der Waals surface area (Å²) in [5, 5.41) is 0.889. The lowest BCUT2D eigenvalue weighted by Gasteiger charge is -2.43. The van der Waals surface area contributed by atoms with Gasteiger partial charge >= 0.3 is 0 Å². The standard InChI is InChI=1S/C18H25N3O2/c1-12-9-21(10-13(2)20(12)5)14-6-7-17-15(8-14)16(11-23-17)18(22)19(3)4/h6-8,11-13H,9-10H2,1-5H3. The fourth-order valence-corrected chi connectivity index (χ4v) is 3.24. The largest absolute Gasteiger partial charge is 0.463 e. The van der Waals surface area contributed by atoms with Gasteiger partial charge in [-0.3, -0.25) is 9.69 Å². The SMILES string of the molecule is CC1CN(c2ccc3occ(C(=O)N(C)C)c3c2)CC(C)N1C. The van der Waals surface area contributed by atoms with Crippen LogP contribution in [-0.4, -0.2) is 62.0 Å². The summed E-state index contributed by atoms with van der Waals surface area (Å²) in [7, 11) is 5.70. The molecule has 23 heavy (non-hydrogen) atoms. The first-order valence-electron chi connectivity index (χ1n) is 8.08. The lowest BCUT2D eigenvalue weighted by atomic mass is 10.1. The summed E-state index contributed by atoms with van der Waals surface area (Å²) in [5.74, 6) is -0.0268. The average molecular weight is 315 g/mol. The third kappa shape index (κ3) is 2.81. The molecule has 0 spiro atoms. The molecule has 5 heteroatoms. The zero-order chi connectivity index (χ0) is 16.7. The number of rotatable bonds is 2. The molecule has 0 radical (unpaired) electrons. The number of likely N-dealkylation sites (N-methyl/N-ethyl adjacent to an activating group) is 1. The second-order valence-corrected chi connectivity index (χ2v) is 6.80. The molecule has 0 aliphatic carbocycles. The van der Waals surface area contributed by atoms with E-state index in [4.69, 9.17) is 4.42 Å². The number of carbonyl (C=O) groups excluding carboxylic acids is 1. The summed E-state index contributed by atoms with van der Waals surface area (Å²) in [6.45, 7) is 6.47. The molecule has 5 nitrogen and oxygen atoms in total. The van der Waals surface area contributed by atoms with Gasteiger partial charge in [0.15, 0.2) is 0 Å². The molecular weight excluding hydrogens is 290 g/mol. The first-order chi connectivity index (χ1) is 10.9. The number of furan rings is 1. The number of hydrogen-bond acceptors (Lipinski definition) is 4. The van der Waals surface area contributed by atoms with E-state index in [1.807, 2.05) is 6.07 Å². The van der Waals surface area contributed by atoms with Crippen LogP contribution in [0.2, 0.25) is 0 Å². The third-order valence-corrected chi connectivity index (χ3v) is 4.92. The summed E-state index contributed by atoms with van der Waals surface area (Å²) in [5.41, 5.74) is 2.54. The maximum atomic E-state index is 12.3. The smallest absolute Gasteiger partial charge is 0.257 e. The Hall–Kier alpha value is -2.01. The molecule has 0 saturated carbocycles. The molecule has 3 rings (SSSR count). The molecule has 0 N–H and O–H groups in total. The van der Waals surface area contributed by atoms with Crippen LogP contribution in [0.15, 0.2) is 28.9 Å². The lowest BCUT2D eigenvalue weighted by molar-refractivity contribution is 0.0828. The van der Waals surface area contributed by atoms with Crippen molar-refractivity contribution in [3.05, 3.63) is 30.0 Å². The minimum absolute atomic E-state index is 0.0268. The Bertz CT molecular complexity index is 710. The van der Waals surface area contributed by atoms with Crippen molar-refractivity contribution in [2.24, 2.45) is 0 Å². The van der Waals surface area contributed by atoms with Crippen molar-refractivity contribution >= 4 is 22.6 Å². The third-order valence-electron chi connectivity index (χ3n) is 4.92. The topological polar surface area (TPSA) is 39.9 Å². The molecule has 124 valence electrons. The Morgan fingerprint density at radius 2 is 1.87 bits per heavy atom. The zero-order valence-corrected chi connectivity index (χ0v) is 14.5. The highest BCUT2D eigenvalue weighted by atomic mass is 16.3. The number of carbonyl (C=O) groups is 1. The number of fused-ring (bicyclic) bond motifs is 1. The summed E-state index contributed by atoms with van der Waals surface area (Å²) in [4.78, 5) is 18.7. The molecule has 2 aromatic rings. The van der Waals surface area contributed by atoms with Crippen LogP contribution in [0.25, 0.3) is 11.0 Å². The predicted octanol–water partition coefficient (Wildman–Crippen LogP) is 2.66. The maximum Gasteiger partial charge on any atom is 0.257 e. The fraction of sp³-hybridized carbons (Fsp3) is 0.500. The van der Waals surface area contributed by atoms with E-state index in [0.717, 1.165) is 29.7 Å². The first-order valence-corrected chi connectivity index (χ1v) is 8.08. The number of benzene rings is 1. The van der Waals surface area contributed by atoms with Gasteiger partial charge in [0, 0.05) is 50.3 Å². The predicted molar refractivity (Wildman–Crippen MR) is 93.1 cm³/mol. The van der Waals surface area contributed by atoms with E-state index >= 15 is 0 Å². The van der Waals surface area contributed by atoms with Crippen molar-refractivity contribution in [3.8, 4) is 0 Å². The molecule has 2 heterocycles. The second-order valence-electron chi connectivity index (χ2n) is 6.80. The van der Waals surface area contributed by atoms with Gasteiger partial charge in [-0.1, -0.05) is 0 Å². The number of anilines is 1. The van der Waals surface area contributed by atoms with E-state index in [1.54, 1.807) is 25.3 Å². The van der Waals surface area contributed by atoms with Gasteiger partial charge in [-0.15, -0.1) is 0 Å². The average Bonchev–Trinajstić information content (AvgIpc) is 2.94. The summed E-state index contributed by atoms with van der Waals surface area (Å²) in [6.07, 6.45) is 1.56. The molecule has 1 fully saturated rings. The van der Waals surface area contributed by atoms with E-state index in [2.05, 4.69) is 42.8 Å². The Labute approximate surface area is 137 Å². The van der Waals surface area contributed by atoms with Gasteiger partial charge in [0.05, 0.1) is 5.56 Å². The normalized spacial score (nSPS) is 22.6. The van der Waals surface area contributed by atoms with Crippen LogP contribution >= 0.6 is 0 Å². The van der Waals surface area contributed by atoms with Gasteiger partial charge in [0.2, 0.25) is 0 Å². The number of nitrogens with zero attached hydrogens (tertiary/aromatic N) is 3. The highest BCUT2D eigenvalue weighted by molar-refractivity contribution is 6.06. The Balaban J connectivity index is 1.96. The quantitative estimate of drug-likeness (QED) is 0.854. The van der Waals surface area contributed by atoms with Crippen molar-refractivity contribution in [2.75, 3.05) is 39.1 Å². The van der Waals surface area contributed by atoms with E-state index in [9.17, 15) is 4.79 Å². The zero-order valence-electron chi connectivity index (χ0n) is 14.5. The molecule has 0 bridgehead atoms. The van der Waals surface area contributed by atoms with Gasteiger partial charge in [0.25, 0.3) is 5.91 Å². The molecule has 1 aromatic carbocycles. The molecule has 1 amide bonds. The van der Waals surface area contributed by atoms with E-state index in [-0.39, 0.29) is 5.91 Å². The van der Waals surface area contributed by atoms with Gasteiger partial charge in [-0.05, 0) is 39.1 Å². The van der Waals surface area contributed by atoms with Crippen LogP contribution < -0.4 is 4.90 Å².